The SMILES string of the molecule is C=C/C(NCC)=C(/C)C(C)C(C)O. The van der Waals surface area contributed by atoms with Crippen LogP contribution in [0.2, 0.25) is 0 Å². The largest absolute Gasteiger partial charge is 0.393 e. The predicted octanol–water partition coefficient (Wildman–Crippen LogP) is 2.07. The topological polar surface area (TPSA) is 32.3 Å². The highest BCUT2D eigenvalue weighted by Crippen LogP contribution is 2.17. The van der Waals surface area contributed by atoms with Crippen molar-refractivity contribution in [2.75, 3.05) is 6.54 Å². The van der Waals surface area contributed by atoms with Crippen LogP contribution >= 0.6 is 0 Å². The van der Waals surface area contributed by atoms with E-state index in [0.717, 1.165) is 17.8 Å². The molecule has 0 aliphatic heterocycles. The van der Waals surface area contributed by atoms with Crippen molar-refractivity contribution in [3.63, 3.8) is 0 Å². The van der Waals surface area contributed by atoms with Gasteiger partial charge >= 0.3 is 0 Å². The molecule has 0 aromatic rings. The molecule has 2 atom stereocenters. The van der Waals surface area contributed by atoms with Gasteiger partial charge in [0.15, 0.2) is 0 Å². The van der Waals surface area contributed by atoms with Gasteiger partial charge in [0.05, 0.1) is 6.10 Å². The van der Waals surface area contributed by atoms with Crippen LogP contribution in [-0.2, 0) is 0 Å². The molecule has 0 radical (unpaired) electrons. The quantitative estimate of drug-likeness (QED) is 0.640. The molecule has 0 bridgehead atoms. The molecule has 2 nitrogen and oxygen atoms in total. The fourth-order valence-electron chi connectivity index (χ4n) is 1.17. The van der Waals surface area contributed by atoms with Crippen molar-refractivity contribution in [3.8, 4) is 0 Å². The molecule has 0 spiro atoms. The summed E-state index contributed by atoms with van der Waals surface area (Å²) < 4.78 is 0. The van der Waals surface area contributed by atoms with Crippen molar-refractivity contribution >= 4 is 0 Å². The van der Waals surface area contributed by atoms with E-state index in [0.29, 0.717) is 0 Å². The Bertz CT molecular complexity index is 194. The van der Waals surface area contributed by atoms with E-state index in [2.05, 4.69) is 11.9 Å². The lowest BCUT2D eigenvalue weighted by molar-refractivity contribution is 0.151. The summed E-state index contributed by atoms with van der Waals surface area (Å²) in [6.07, 6.45) is 1.49. The molecular formula is C11H21NO. The van der Waals surface area contributed by atoms with Crippen LogP contribution in [0, 0.1) is 5.92 Å². The number of nitrogens with one attached hydrogen (secondary N) is 1. The first kappa shape index (κ1) is 12.2. The molecule has 0 fully saturated rings. The molecule has 0 aliphatic carbocycles. The number of hydrogen-bond acceptors (Lipinski definition) is 2. The van der Waals surface area contributed by atoms with E-state index in [4.69, 9.17) is 0 Å². The first-order chi connectivity index (χ1) is 6.04. The van der Waals surface area contributed by atoms with E-state index >= 15 is 0 Å². The summed E-state index contributed by atoms with van der Waals surface area (Å²) in [7, 11) is 0. The van der Waals surface area contributed by atoms with Crippen molar-refractivity contribution < 1.29 is 5.11 Å². The summed E-state index contributed by atoms with van der Waals surface area (Å²) >= 11 is 0. The monoisotopic (exact) mass is 183 g/mol. The molecule has 0 aromatic carbocycles. The van der Waals surface area contributed by atoms with Crippen molar-refractivity contribution in [3.05, 3.63) is 23.9 Å². The number of allylic oxidation sites excluding steroid dienone is 1. The van der Waals surface area contributed by atoms with Gasteiger partial charge in [0, 0.05) is 18.2 Å². The zero-order valence-electron chi connectivity index (χ0n) is 9.09. The second-order valence-electron chi connectivity index (χ2n) is 3.36. The fourth-order valence-corrected chi connectivity index (χ4v) is 1.17. The third kappa shape index (κ3) is 3.64. The Labute approximate surface area is 81.4 Å². The summed E-state index contributed by atoms with van der Waals surface area (Å²) in [5, 5.41) is 12.6. The molecule has 0 saturated heterocycles. The zero-order valence-corrected chi connectivity index (χ0v) is 9.09. The Morgan fingerprint density at radius 1 is 1.54 bits per heavy atom. The van der Waals surface area contributed by atoms with E-state index in [9.17, 15) is 5.11 Å². The maximum atomic E-state index is 9.41. The van der Waals surface area contributed by atoms with E-state index < -0.39 is 0 Å². The molecule has 2 N–H and O–H groups in total. The van der Waals surface area contributed by atoms with Gasteiger partial charge in [-0.2, -0.15) is 0 Å². The Morgan fingerprint density at radius 3 is 2.38 bits per heavy atom. The lowest BCUT2D eigenvalue weighted by atomic mass is 9.95. The minimum absolute atomic E-state index is 0.173. The second kappa shape index (κ2) is 5.81. The summed E-state index contributed by atoms with van der Waals surface area (Å²) in [5.41, 5.74) is 2.20. The van der Waals surface area contributed by atoms with Crippen LogP contribution in [0.25, 0.3) is 0 Å². The van der Waals surface area contributed by atoms with Gasteiger partial charge < -0.3 is 10.4 Å². The van der Waals surface area contributed by atoms with E-state index in [1.165, 1.54) is 0 Å². The van der Waals surface area contributed by atoms with Gasteiger partial charge in [0.25, 0.3) is 0 Å². The van der Waals surface area contributed by atoms with Crippen LogP contribution in [0.1, 0.15) is 27.7 Å². The Hall–Kier alpha value is -0.760. The highest BCUT2D eigenvalue weighted by atomic mass is 16.3. The molecular weight excluding hydrogens is 162 g/mol. The maximum Gasteiger partial charge on any atom is 0.0575 e. The van der Waals surface area contributed by atoms with Crippen LogP contribution in [-0.4, -0.2) is 17.8 Å². The molecule has 0 saturated carbocycles. The number of aliphatic hydroxyl groups is 1. The number of aliphatic hydroxyl groups excluding tert-OH is 1. The van der Waals surface area contributed by atoms with Gasteiger partial charge in [-0.15, -0.1) is 0 Å². The van der Waals surface area contributed by atoms with Gasteiger partial charge in [-0.3, -0.25) is 0 Å². The molecule has 0 amide bonds. The van der Waals surface area contributed by atoms with E-state index in [1.807, 2.05) is 20.8 Å². The van der Waals surface area contributed by atoms with Crippen LogP contribution in [0.5, 0.6) is 0 Å². The minimum atomic E-state index is -0.311. The van der Waals surface area contributed by atoms with Crippen LogP contribution in [0.3, 0.4) is 0 Å². The Morgan fingerprint density at radius 2 is 2.08 bits per heavy atom. The number of hydrogen-bond donors (Lipinski definition) is 2. The first-order valence-corrected chi connectivity index (χ1v) is 4.79. The lowest BCUT2D eigenvalue weighted by Gasteiger charge is -2.19. The van der Waals surface area contributed by atoms with Gasteiger partial charge in [0.1, 0.15) is 0 Å². The van der Waals surface area contributed by atoms with Gasteiger partial charge in [-0.1, -0.05) is 13.5 Å². The Balaban J connectivity index is 4.62. The van der Waals surface area contributed by atoms with Crippen molar-refractivity contribution in [1.29, 1.82) is 0 Å². The summed E-state index contributed by atoms with van der Waals surface area (Å²) in [5.74, 6) is 0.173. The second-order valence-corrected chi connectivity index (χ2v) is 3.36. The molecule has 0 rings (SSSR count). The smallest absolute Gasteiger partial charge is 0.0575 e. The van der Waals surface area contributed by atoms with Gasteiger partial charge in [0.2, 0.25) is 0 Å². The van der Waals surface area contributed by atoms with Crippen LogP contribution in [0.4, 0.5) is 0 Å². The molecule has 2 heteroatoms. The first-order valence-electron chi connectivity index (χ1n) is 4.79. The third-order valence-corrected chi connectivity index (χ3v) is 2.40. The van der Waals surface area contributed by atoms with E-state index in [-0.39, 0.29) is 12.0 Å². The summed E-state index contributed by atoms with van der Waals surface area (Å²) in [6.45, 7) is 12.5. The minimum Gasteiger partial charge on any atom is -0.393 e. The third-order valence-electron chi connectivity index (χ3n) is 2.40. The van der Waals surface area contributed by atoms with E-state index in [1.54, 1.807) is 13.0 Å². The molecule has 0 aromatic heterocycles. The number of rotatable bonds is 5. The van der Waals surface area contributed by atoms with Crippen molar-refractivity contribution in [1.82, 2.24) is 5.32 Å². The fraction of sp³-hybridized carbons (Fsp3) is 0.636. The van der Waals surface area contributed by atoms with Crippen LogP contribution < -0.4 is 5.32 Å². The number of likely N-dealkylation sites (N-methyl/N-ethyl adjacent to an activating group) is 1. The van der Waals surface area contributed by atoms with Crippen LogP contribution in [0.15, 0.2) is 23.9 Å². The molecule has 13 heavy (non-hydrogen) atoms. The predicted molar refractivity (Wildman–Crippen MR) is 57.4 cm³/mol. The molecule has 0 heterocycles. The van der Waals surface area contributed by atoms with Crippen molar-refractivity contribution in [2.45, 2.75) is 33.8 Å². The highest BCUT2D eigenvalue weighted by molar-refractivity contribution is 5.23. The Kier molecular flexibility index (Phi) is 5.47. The summed E-state index contributed by atoms with van der Waals surface area (Å²) in [4.78, 5) is 0. The molecule has 76 valence electrons. The molecule has 0 aliphatic rings. The highest BCUT2D eigenvalue weighted by Gasteiger charge is 2.12. The van der Waals surface area contributed by atoms with Gasteiger partial charge in [-0.05, 0) is 32.4 Å². The lowest BCUT2D eigenvalue weighted by Crippen LogP contribution is -2.20. The normalized spacial score (nSPS) is 17.3. The maximum absolute atomic E-state index is 9.41. The zero-order chi connectivity index (χ0) is 10.4. The van der Waals surface area contributed by atoms with Crippen molar-refractivity contribution in [2.24, 2.45) is 5.92 Å². The van der Waals surface area contributed by atoms with Gasteiger partial charge in [-0.25, -0.2) is 0 Å². The average Bonchev–Trinajstić information content (AvgIpc) is 2.11. The molecule has 2 unspecified atom stereocenters. The standard InChI is InChI=1S/C11H21NO/c1-6-11(12-7-2)9(4)8(3)10(5)13/h6,8,10,12-13H,1,7H2,2-5H3/b11-9+. The average molecular weight is 183 g/mol. The summed E-state index contributed by atoms with van der Waals surface area (Å²) in [6, 6.07) is 0.